The summed E-state index contributed by atoms with van der Waals surface area (Å²) in [6.45, 7) is 4.88. The van der Waals surface area contributed by atoms with Crippen molar-refractivity contribution >= 4 is 29.6 Å². The number of benzene rings is 1. The fraction of sp³-hybridized carbons (Fsp3) is 0.391. The molecule has 0 saturated carbocycles. The quantitative estimate of drug-likeness (QED) is 0.472. The number of carbonyl (C=O) groups is 4. The van der Waals surface area contributed by atoms with Crippen LogP contribution in [0.4, 0.5) is 5.69 Å². The van der Waals surface area contributed by atoms with Crippen LogP contribution in [-0.4, -0.2) is 50.7 Å². The van der Waals surface area contributed by atoms with Gasteiger partial charge in [0.2, 0.25) is 0 Å². The van der Waals surface area contributed by atoms with E-state index in [4.69, 9.17) is 24.7 Å². The summed E-state index contributed by atoms with van der Waals surface area (Å²) in [6.07, 6.45) is -0.510. The molecule has 10 heteroatoms. The van der Waals surface area contributed by atoms with Crippen molar-refractivity contribution in [3.63, 3.8) is 0 Å². The fourth-order valence-corrected chi connectivity index (χ4v) is 4.13. The molecule has 0 fully saturated rings. The van der Waals surface area contributed by atoms with Crippen molar-refractivity contribution in [3.8, 4) is 0 Å². The number of fused-ring (bicyclic) bond motifs is 2. The highest BCUT2D eigenvalue weighted by Gasteiger charge is 2.64. The van der Waals surface area contributed by atoms with Gasteiger partial charge in [0.25, 0.3) is 0 Å². The number of nitrogens with two attached hydrogens (primary N) is 1. The molecule has 0 amide bonds. The predicted octanol–water partition coefficient (Wildman–Crippen LogP) is 1.43. The van der Waals surface area contributed by atoms with E-state index in [1.165, 1.54) is 4.90 Å². The summed E-state index contributed by atoms with van der Waals surface area (Å²) in [5.74, 6) is -3.84. The number of hydrogen-bond acceptors (Lipinski definition) is 10. The van der Waals surface area contributed by atoms with Crippen LogP contribution in [-0.2, 0) is 43.5 Å². The highest BCUT2D eigenvalue weighted by Crippen LogP contribution is 2.54. The number of nitrogens with zero attached hydrogens (tertiary/aromatic N) is 1. The van der Waals surface area contributed by atoms with Crippen molar-refractivity contribution in [1.29, 1.82) is 0 Å². The molecule has 0 saturated heterocycles. The van der Waals surface area contributed by atoms with E-state index in [9.17, 15) is 19.2 Å². The van der Waals surface area contributed by atoms with E-state index in [0.29, 0.717) is 5.69 Å². The first kappa shape index (κ1) is 23.8. The SMILES string of the molecule is CCOC(=O)CC1=C(C(=O)OCC)[C@]2(C(=O)O1)C(C(=O)OCC)=C(N)N(C)c1ccccc12. The van der Waals surface area contributed by atoms with Crippen molar-refractivity contribution in [2.75, 3.05) is 31.8 Å². The van der Waals surface area contributed by atoms with E-state index in [-0.39, 0.29) is 48.1 Å². The zero-order valence-corrected chi connectivity index (χ0v) is 18.9. The number of rotatable bonds is 7. The van der Waals surface area contributed by atoms with E-state index in [1.54, 1.807) is 52.1 Å². The maximum Gasteiger partial charge on any atom is 0.339 e. The Morgan fingerprint density at radius 3 is 2.15 bits per heavy atom. The average Bonchev–Trinajstić information content (AvgIpc) is 3.04. The molecule has 1 aromatic carbocycles. The van der Waals surface area contributed by atoms with Crippen LogP contribution >= 0.6 is 0 Å². The molecule has 2 aliphatic heterocycles. The largest absolute Gasteiger partial charge is 0.466 e. The van der Waals surface area contributed by atoms with Gasteiger partial charge in [-0.3, -0.25) is 4.79 Å². The molecule has 0 bridgehead atoms. The molecule has 0 radical (unpaired) electrons. The molecular weight excluding hydrogens is 432 g/mol. The molecule has 1 aromatic rings. The summed E-state index contributed by atoms with van der Waals surface area (Å²) < 4.78 is 20.9. The normalized spacial score (nSPS) is 19.4. The molecule has 10 nitrogen and oxygen atoms in total. The molecule has 0 aromatic heterocycles. The van der Waals surface area contributed by atoms with Gasteiger partial charge in [-0.25, -0.2) is 14.4 Å². The Hall–Kier alpha value is -3.82. The number of anilines is 1. The summed E-state index contributed by atoms with van der Waals surface area (Å²) in [5, 5.41) is 0. The Balaban J connectivity index is 2.41. The molecule has 2 N–H and O–H groups in total. The van der Waals surface area contributed by atoms with Crippen molar-refractivity contribution < 1.29 is 38.1 Å². The van der Waals surface area contributed by atoms with Crippen LogP contribution in [0.5, 0.6) is 0 Å². The summed E-state index contributed by atoms with van der Waals surface area (Å²) >= 11 is 0. The monoisotopic (exact) mass is 458 g/mol. The Bertz CT molecular complexity index is 1070. The predicted molar refractivity (Wildman–Crippen MR) is 115 cm³/mol. The molecule has 33 heavy (non-hydrogen) atoms. The Morgan fingerprint density at radius 1 is 0.970 bits per heavy atom. The second-order valence-electron chi connectivity index (χ2n) is 7.20. The van der Waals surface area contributed by atoms with Crippen molar-refractivity contribution in [1.82, 2.24) is 0 Å². The van der Waals surface area contributed by atoms with Crippen LogP contribution in [0.1, 0.15) is 32.8 Å². The van der Waals surface area contributed by atoms with Gasteiger partial charge >= 0.3 is 23.9 Å². The minimum absolute atomic E-state index is 0.000237. The number of para-hydroxylation sites is 1. The van der Waals surface area contributed by atoms with Crippen molar-refractivity contribution in [2.45, 2.75) is 32.6 Å². The van der Waals surface area contributed by atoms with E-state index in [1.807, 2.05) is 0 Å². The van der Waals surface area contributed by atoms with Crippen LogP contribution in [0, 0.1) is 0 Å². The van der Waals surface area contributed by atoms with Gasteiger partial charge in [-0.2, -0.15) is 0 Å². The second-order valence-corrected chi connectivity index (χ2v) is 7.20. The van der Waals surface area contributed by atoms with Gasteiger partial charge in [0.1, 0.15) is 29.1 Å². The van der Waals surface area contributed by atoms with Gasteiger partial charge in [-0.1, -0.05) is 18.2 Å². The second kappa shape index (κ2) is 9.35. The number of hydrogen-bond donors (Lipinski definition) is 1. The first-order valence-electron chi connectivity index (χ1n) is 10.5. The van der Waals surface area contributed by atoms with E-state index in [2.05, 4.69) is 0 Å². The lowest BCUT2D eigenvalue weighted by molar-refractivity contribution is -0.148. The van der Waals surface area contributed by atoms with Gasteiger partial charge in [0, 0.05) is 18.3 Å². The number of cyclic esters (lactones) is 1. The average molecular weight is 458 g/mol. The third-order valence-corrected chi connectivity index (χ3v) is 5.41. The van der Waals surface area contributed by atoms with Gasteiger partial charge < -0.3 is 29.6 Å². The summed E-state index contributed by atoms with van der Waals surface area (Å²) in [5.41, 5.74) is 4.44. The van der Waals surface area contributed by atoms with Gasteiger partial charge in [0.15, 0.2) is 5.41 Å². The summed E-state index contributed by atoms with van der Waals surface area (Å²) in [4.78, 5) is 53.8. The summed E-state index contributed by atoms with van der Waals surface area (Å²) in [6, 6.07) is 6.65. The third kappa shape index (κ3) is 3.71. The standard InChI is InChI=1S/C23H26N2O8/c1-5-30-16(26)12-15-17(20(27)31-6-2)23(22(29)33-15)13-10-8-9-11-14(13)25(4)19(24)18(23)21(28)32-7-3/h8-11H,5-7,12,24H2,1-4H3/t23-/m0/s1. The lowest BCUT2D eigenvalue weighted by Crippen LogP contribution is -2.50. The lowest BCUT2D eigenvalue weighted by atomic mass is 9.66. The van der Waals surface area contributed by atoms with Crippen LogP contribution in [0.2, 0.25) is 0 Å². The Morgan fingerprint density at radius 2 is 1.55 bits per heavy atom. The number of ether oxygens (including phenoxy) is 4. The Labute approximate surface area is 190 Å². The molecule has 176 valence electrons. The zero-order valence-electron chi connectivity index (χ0n) is 18.9. The first-order valence-corrected chi connectivity index (χ1v) is 10.5. The minimum Gasteiger partial charge on any atom is -0.466 e. The molecule has 3 rings (SSSR count). The number of carbonyl (C=O) groups excluding carboxylic acids is 4. The third-order valence-electron chi connectivity index (χ3n) is 5.41. The molecule has 2 heterocycles. The van der Waals surface area contributed by atoms with Crippen molar-refractivity contribution in [2.24, 2.45) is 5.73 Å². The smallest absolute Gasteiger partial charge is 0.339 e. The summed E-state index contributed by atoms with van der Waals surface area (Å²) in [7, 11) is 1.62. The van der Waals surface area contributed by atoms with Crippen molar-refractivity contribution in [3.05, 3.63) is 52.6 Å². The molecule has 0 aliphatic carbocycles. The zero-order chi connectivity index (χ0) is 24.3. The van der Waals surface area contributed by atoms with E-state index >= 15 is 0 Å². The molecule has 0 unspecified atom stereocenters. The maximum absolute atomic E-state index is 13.6. The van der Waals surface area contributed by atoms with Crippen LogP contribution < -0.4 is 10.6 Å². The molecule has 2 aliphatic rings. The van der Waals surface area contributed by atoms with Crippen LogP contribution in [0.15, 0.2) is 47.0 Å². The van der Waals surface area contributed by atoms with E-state index in [0.717, 1.165) is 0 Å². The van der Waals surface area contributed by atoms with Crippen LogP contribution in [0.25, 0.3) is 0 Å². The van der Waals surface area contributed by atoms with Gasteiger partial charge in [0.05, 0.1) is 19.8 Å². The van der Waals surface area contributed by atoms with E-state index < -0.39 is 35.7 Å². The number of esters is 4. The first-order chi connectivity index (χ1) is 15.7. The van der Waals surface area contributed by atoms with Gasteiger partial charge in [-0.15, -0.1) is 0 Å². The topological polar surface area (TPSA) is 134 Å². The highest BCUT2D eigenvalue weighted by molar-refractivity contribution is 6.16. The lowest BCUT2D eigenvalue weighted by Gasteiger charge is -2.39. The molecule has 1 atom stereocenters. The molecular formula is C23H26N2O8. The van der Waals surface area contributed by atoms with Gasteiger partial charge in [-0.05, 0) is 26.8 Å². The fourth-order valence-electron chi connectivity index (χ4n) is 4.13. The highest BCUT2D eigenvalue weighted by atomic mass is 16.6. The van der Waals surface area contributed by atoms with Crippen LogP contribution in [0.3, 0.4) is 0 Å². The molecule has 1 spiro atoms. The maximum atomic E-state index is 13.6. The Kier molecular flexibility index (Phi) is 6.75. The minimum atomic E-state index is -2.08.